The first-order chi connectivity index (χ1) is 8.52. The third-order valence-electron chi connectivity index (χ3n) is 2.37. The molecule has 1 atom stereocenters. The van der Waals surface area contributed by atoms with Crippen molar-refractivity contribution in [2.75, 3.05) is 18.6 Å². The van der Waals surface area contributed by atoms with Crippen molar-refractivity contribution < 1.29 is 19.1 Å². The van der Waals surface area contributed by atoms with Gasteiger partial charge in [0, 0.05) is 11.8 Å². The van der Waals surface area contributed by atoms with Crippen molar-refractivity contribution >= 4 is 29.7 Å². The van der Waals surface area contributed by atoms with Crippen LogP contribution in [0, 0.1) is 5.92 Å². The monoisotopic (exact) mass is 274 g/mol. The van der Waals surface area contributed by atoms with E-state index in [4.69, 9.17) is 0 Å². The van der Waals surface area contributed by atoms with Crippen LogP contribution in [0.15, 0.2) is 0 Å². The number of ether oxygens (including phenoxy) is 1. The van der Waals surface area contributed by atoms with E-state index in [1.54, 1.807) is 6.92 Å². The van der Waals surface area contributed by atoms with Crippen LogP contribution in [0.2, 0.25) is 0 Å². The average Bonchev–Trinajstić information content (AvgIpc) is 3.11. The molecule has 1 fully saturated rings. The number of carbonyl (C=O) groups excluding carboxylic acids is 3. The van der Waals surface area contributed by atoms with Crippen molar-refractivity contribution in [1.29, 1.82) is 0 Å². The molecular formula is C11H18N2O4S. The number of hydrogen-bond acceptors (Lipinski definition) is 5. The highest BCUT2D eigenvalue weighted by atomic mass is 32.2. The number of amides is 3. The normalized spacial score (nSPS) is 15.7. The lowest BCUT2D eigenvalue weighted by molar-refractivity contribution is -0.144. The molecule has 1 aliphatic carbocycles. The molecule has 6 nitrogen and oxygen atoms in total. The van der Waals surface area contributed by atoms with E-state index in [2.05, 4.69) is 15.4 Å². The Balaban J connectivity index is 2.08. The summed E-state index contributed by atoms with van der Waals surface area (Å²) in [5, 5.41) is 4.90. The quantitative estimate of drug-likeness (QED) is 0.690. The number of esters is 1. The van der Waals surface area contributed by atoms with E-state index in [0.717, 1.165) is 12.8 Å². The zero-order valence-electron chi connectivity index (χ0n) is 10.5. The molecule has 0 aromatic heterocycles. The minimum atomic E-state index is -0.441. The van der Waals surface area contributed by atoms with Gasteiger partial charge in [-0.1, -0.05) is 6.92 Å². The number of rotatable bonds is 6. The summed E-state index contributed by atoms with van der Waals surface area (Å²) in [5.74, 6) is -0.262. The molecular weight excluding hydrogens is 256 g/mol. The highest BCUT2D eigenvalue weighted by Crippen LogP contribution is 2.18. The Kier molecular flexibility index (Phi) is 5.97. The van der Waals surface area contributed by atoms with Crippen LogP contribution >= 0.6 is 11.8 Å². The molecule has 1 saturated carbocycles. The van der Waals surface area contributed by atoms with Crippen molar-refractivity contribution in [3.63, 3.8) is 0 Å². The predicted octanol–water partition coefficient (Wildman–Crippen LogP) is 0.517. The first-order valence-corrected chi connectivity index (χ1v) is 6.94. The van der Waals surface area contributed by atoms with Gasteiger partial charge in [-0.25, -0.2) is 4.79 Å². The fourth-order valence-corrected chi connectivity index (χ4v) is 2.07. The van der Waals surface area contributed by atoms with E-state index in [-0.39, 0.29) is 29.6 Å². The van der Waals surface area contributed by atoms with Gasteiger partial charge in [0.15, 0.2) is 0 Å². The van der Waals surface area contributed by atoms with Crippen LogP contribution in [0.5, 0.6) is 0 Å². The first kappa shape index (κ1) is 14.8. The fraction of sp³-hybridized carbons (Fsp3) is 0.727. The maximum atomic E-state index is 11.4. The number of carbonyl (C=O) groups is 3. The van der Waals surface area contributed by atoms with Crippen LogP contribution < -0.4 is 10.6 Å². The third kappa shape index (κ3) is 5.90. The Labute approximate surface area is 110 Å². The van der Waals surface area contributed by atoms with Gasteiger partial charge in [-0.3, -0.25) is 14.9 Å². The van der Waals surface area contributed by atoms with Crippen LogP contribution in [0.4, 0.5) is 4.79 Å². The second-order valence-electron chi connectivity index (χ2n) is 4.24. The molecule has 0 radical (unpaired) electrons. The van der Waals surface area contributed by atoms with Crippen LogP contribution in [-0.4, -0.2) is 42.6 Å². The first-order valence-electron chi connectivity index (χ1n) is 5.79. The number of nitrogens with one attached hydrogen (secondary N) is 2. The molecule has 2 N–H and O–H groups in total. The van der Waals surface area contributed by atoms with Crippen molar-refractivity contribution in [2.24, 2.45) is 5.92 Å². The highest BCUT2D eigenvalue weighted by molar-refractivity contribution is 7.99. The van der Waals surface area contributed by atoms with Gasteiger partial charge in [0.25, 0.3) is 0 Å². The molecule has 0 aromatic rings. The number of thioether (sulfide) groups is 1. The van der Waals surface area contributed by atoms with Gasteiger partial charge < -0.3 is 10.1 Å². The molecule has 0 bridgehead atoms. The Morgan fingerprint density at radius 2 is 2.06 bits per heavy atom. The molecule has 18 heavy (non-hydrogen) atoms. The standard InChI is InChI=1S/C11H18N2O4S/c1-7(10(15)17-2)5-18-6-9(14)13-11(16)12-8-3-4-8/h7-8H,3-6H2,1-2H3,(H2,12,13,14,16). The Morgan fingerprint density at radius 3 is 2.61 bits per heavy atom. The molecule has 0 heterocycles. The number of methoxy groups -OCH3 is 1. The van der Waals surface area contributed by atoms with E-state index in [1.807, 2.05) is 0 Å². The van der Waals surface area contributed by atoms with Crippen molar-refractivity contribution in [3.05, 3.63) is 0 Å². The molecule has 0 saturated heterocycles. The second-order valence-corrected chi connectivity index (χ2v) is 5.27. The maximum absolute atomic E-state index is 11.4. The summed E-state index contributed by atoms with van der Waals surface area (Å²) in [6.45, 7) is 1.73. The minimum Gasteiger partial charge on any atom is -0.469 e. The lowest BCUT2D eigenvalue weighted by atomic mass is 10.2. The molecule has 1 unspecified atom stereocenters. The van der Waals surface area contributed by atoms with Gasteiger partial charge in [-0.15, -0.1) is 0 Å². The topological polar surface area (TPSA) is 84.5 Å². The maximum Gasteiger partial charge on any atom is 0.321 e. The second kappa shape index (κ2) is 7.25. The fourth-order valence-electron chi connectivity index (χ4n) is 1.21. The van der Waals surface area contributed by atoms with E-state index >= 15 is 0 Å². The minimum absolute atomic E-state index is 0.152. The summed E-state index contributed by atoms with van der Waals surface area (Å²) in [4.78, 5) is 33.7. The van der Waals surface area contributed by atoms with E-state index in [9.17, 15) is 14.4 Å². The zero-order valence-corrected chi connectivity index (χ0v) is 11.3. The molecule has 1 aliphatic rings. The lowest BCUT2D eigenvalue weighted by Gasteiger charge is -2.08. The summed E-state index contributed by atoms with van der Waals surface area (Å²) in [6, 6.07) is -0.214. The van der Waals surface area contributed by atoms with Gasteiger partial charge >= 0.3 is 12.0 Å². The molecule has 7 heteroatoms. The Morgan fingerprint density at radius 1 is 1.39 bits per heavy atom. The van der Waals surface area contributed by atoms with E-state index < -0.39 is 6.03 Å². The molecule has 0 aliphatic heterocycles. The van der Waals surface area contributed by atoms with Crippen LogP contribution in [0.25, 0.3) is 0 Å². The van der Waals surface area contributed by atoms with Crippen molar-refractivity contribution in [1.82, 2.24) is 10.6 Å². The van der Waals surface area contributed by atoms with E-state index in [1.165, 1.54) is 18.9 Å². The average molecular weight is 274 g/mol. The van der Waals surface area contributed by atoms with Crippen LogP contribution in [0.1, 0.15) is 19.8 Å². The van der Waals surface area contributed by atoms with Gasteiger partial charge in [-0.05, 0) is 12.8 Å². The number of urea groups is 1. The van der Waals surface area contributed by atoms with Gasteiger partial charge in [0.05, 0.1) is 18.8 Å². The summed E-state index contributed by atoms with van der Waals surface area (Å²) >= 11 is 1.30. The lowest BCUT2D eigenvalue weighted by Crippen LogP contribution is -2.41. The predicted molar refractivity (Wildman–Crippen MR) is 68.2 cm³/mol. The SMILES string of the molecule is COC(=O)C(C)CSCC(=O)NC(=O)NC1CC1. The highest BCUT2D eigenvalue weighted by Gasteiger charge is 2.23. The summed E-state index contributed by atoms with van der Waals surface area (Å²) in [6.07, 6.45) is 1.96. The number of imide groups is 1. The van der Waals surface area contributed by atoms with Gasteiger partial charge in [0.1, 0.15) is 0 Å². The molecule has 1 rings (SSSR count). The summed E-state index contributed by atoms with van der Waals surface area (Å²) in [7, 11) is 1.33. The molecule has 0 spiro atoms. The Hall–Kier alpha value is -1.24. The van der Waals surface area contributed by atoms with E-state index in [0.29, 0.717) is 5.75 Å². The van der Waals surface area contributed by atoms with Crippen LogP contribution in [0.3, 0.4) is 0 Å². The largest absolute Gasteiger partial charge is 0.469 e. The molecule has 102 valence electrons. The zero-order chi connectivity index (χ0) is 13.5. The van der Waals surface area contributed by atoms with Gasteiger partial charge in [-0.2, -0.15) is 11.8 Å². The smallest absolute Gasteiger partial charge is 0.321 e. The van der Waals surface area contributed by atoms with Gasteiger partial charge in [0.2, 0.25) is 5.91 Å². The Bertz CT molecular complexity index is 331. The van der Waals surface area contributed by atoms with Crippen molar-refractivity contribution in [2.45, 2.75) is 25.8 Å². The summed E-state index contributed by atoms with van der Waals surface area (Å²) < 4.78 is 4.57. The number of hydrogen-bond donors (Lipinski definition) is 2. The third-order valence-corrected chi connectivity index (χ3v) is 3.57. The van der Waals surface area contributed by atoms with Crippen molar-refractivity contribution in [3.8, 4) is 0 Å². The molecule has 0 aromatic carbocycles. The molecule has 3 amide bonds. The van der Waals surface area contributed by atoms with Crippen LogP contribution in [-0.2, 0) is 14.3 Å². The summed E-state index contributed by atoms with van der Waals surface area (Å²) in [5.41, 5.74) is 0.